The second-order valence-corrected chi connectivity index (χ2v) is 4.66. The Morgan fingerprint density at radius 3 is 2.81 bits per heavy atom. The highest BCUT2D eigenvalue weighted by Gasteiger charge is 2.17. The topological polar surface area (TPSA) is 58.3 Å². The Kier molecular flexibility index (Phi) is 2.83. The molecule has 0 aliphatic heterocycles. The predicted octanol–water partition coefficient (Wildman–Crippen LogP) is 2.26. The van der Waals surface area contributed by atoms with Crippen LogP contribution in [0.5, 0.6) is 0 Å². The Morgan fingerprint density at radius 1 is 1.38 bits per heavy atom. The van der Waals surface area contributed by atoms with Gasteiger partial charge in [0, 0.05) is 18.6 Å². The van der Waals surface area contributed by atoms with Crippen molar-refractivity contribution in [2.24, 2.45) is 5.41 Å². The fourth-order valence-electron chi connectivity index (χ4n) is 1.32. The molecule has 0 aliphatic carbocycles. The predicted molar refractivity (Wildman–Crippen MR) is 63.4 cm³/mol. The minimum Gasteiger partial charge on any atom is -0.424 e. The summed E-state index contributed by atoms with van der Waals surface area (Å²) < 4.78 is 5.50. The van der Waals surface area contributed by atoms with E-state index in [0.717, 1.165) is 11.1 Å². The summed E-state index contributed by atoms with van der Waals surface area (Å²) in [4.78, 5) is 4.29. The zero-order chi connectivity index (χ0) is 11.6. The highest BCUT2D eigenvalue weighted by molar-refractivity contribution is 5.74. The van der Waals surface area contributed by atoms with E-state index in [1.165, 1.54) is 0 Å². The number of rotatable bonds is 4. The van der Waals surface area contributed by atoms with E-state index in [-0.39, 0.29) is 12.0 Å². The smallest absolute Gasteiger partial charge is 0.295 e. The van der Waals surface area contributed by atoms with Gasteiger partial charge in [0.05, 0.1) is 0 Å². The molecule has 0 radical (unpaired) electrons. The summed E-state index contributed by atoms with van der Waals surface area (Å²) in [5.74, 6) is 0. The molecule has 2 N–H and O–H groups in total. The summed E-state index contributed by atoms with van der Waals surface area (Å²) in [5, 5.41) is 12.2. The first-order chi connectivity index (χ1) is 7.61. The van der Waals surface area contributed by atoms with Crippen LogP contribution in [-0.4, -0.2) is 23.2 Å². The van der Waals surface area contributed by atoms with Crippen molar-refractivity contribution in [3.8, 4) is 0 Å². The molecule has 0 saturated carbocycles. The number of aromatic nitrogens is 1. The van der Waals surface area contributed by atoms with Crippen molar-refractivity contribution in [2.75, 3.05) is 18.5 Å². The molecule has 2 rings (SSSR count). The van der Waals surface area contributed by atoms with Crippen molar-refractivity contribution >= 4 is 17.1 Å². The monoisotopic (exact) mass is 220 g/mol. The lowest BCUT2D eigenvalue weighted by atomic mass is 9.95. The molecule has 0 aliphatic rings. The minimum atomic E-state index is -0.180. The highest BCUT2D eigenvalue weighted by Crippen LogP contribution is 2.20. The van der Waals surface area contributed by atoms with Crippen molar-refractivity contribution in [1.82, 2.24) is 4.98 Å². The normalized spacial score (nSPS) is 11.9. The van der Waals surface area contributed by atoms with E-state index < -0.39 is 0 Å². The highest BCUT2D eigenvalue weighted by atomic mass is 16.4. The van der Waals surface area contributed by atoms with Crippen LogP contribution in [0.2, 0.25) is 0 Å². The summed E-state index contributed by atoms with van der Waals surface area (Å²) in [5.41, 5.74) is 1.43. The van der Waals surface area contributed by atoms with E-state index in [1.807, 2.05) is 38.1 Å². The zero-order valence-corrected chi connectivity index (χ0v) is 9.53. The van der Waals surface area contributed by atoms with Crippen molar-refractivity contribution in [2.45, 2.75) is 13.8 Å². The molecule has 4 heteroatoms. The number of nitrogens with zero attached hydrogens (tertiary/aromatic N) is 1. The fourth-order valence-corrected chi connectivity index (χ4v) is 1.32. The number of aliphatic hydroxyl groups excluding tert-OH is 1. The largest absolute Gasteiger partial charge is 0.424 e. The SMILES string of the molecule is CC(C)(CO)CNc1nc2ccccc2o1. The van der Waals surface area contributed by atoms with Gasteiger partial charge in [-0.1, -0.05) is 26.0 Å². The van der Waals surface area contributed by atoms with Crippen LogP contribution in [0.25, 0.3) is 11.1 Å². The third kappa shape index (κ3) is 2.33. The maximum absolute atomic E-state index is 9.12. The minimum absolute atomic E-state index is 0.125. The number of anilines is 1. The first-order valence-corrected chi connectivity index (χ1v) is 5.31. The lowest BCUT2D eigenvalue weighted by molar-refractivity contribution is 0.170. The van der Waals surface area contributed by atoms with Crippen LogP contribution in [0, 0.1) is 5.41 Å². The molecule has 0 amide bonds. The molecule has 86 valence electrons. The molecule has 16 heavy (non-hydrogen) atoms. The van der Waals surface area contributed by atoms with Crippen LogP contribution >= 0.6 is 0 Å². The van der Waals surface area contributed by atoms with E-state index in [1.54, 1.807) is 0 Å². The average Bonchev–Trinajstić information content (AvgIpc) is 2.69. The molecule has 0 bridgehead atoms. The molecule has 0 spiro atoms. The van der Waals surface area contributed by atoms with Gasteiger partial charge >= 0.3 is 0 Å². The number of hydrogen-bond donors (Lipinski definition) is 2. The van der Waals surface area contributed by atoms with Gasteiger partial charge in [0.2, 0.25) is 0 Å². The standard InChI is InChI=1S/C12H16N2O2/c1-12(2,8-15)7-13-11-14-9-5-3-4-6-10(9)16-11/h3-6,15H,7-8H2,1-2H3,(H,13,14). The summed E-state index contributed by atoms with van der Waals surface area (Å²) in [6.07, 6.45) is 0. The van der Waals surface area contributed by atoms with Crippen LogP contribution in [0.3, 0.4) is 0 Å². The van der Waals surface area contributed by atoms with Gasteiger partial charge in [0.1, 0.15) is 5.52 Å². The van der Waals surface area contributed by atoms with Gasteiger partial charge in [-0.05, 0) is 12.1 Å². The molecule has 0 saturated heterocycles. The van der Waals surface area contributed by atoms with Gasteiger partial charge in [0.15, 0.2) is 5.58 Å². The molecule has 2 aromatic rings. The molecule has 0 unspecified atom stereocenters. The average molecular weight is 220 g/mol. The van der Waals surface area contributed by atoms with E-state index in [4.69, 9.17) is 9.52 Å². The van der Waals surface area contributed by atoms with Crippen LogP contribution in [0.4, 0.5) is 6.01 Å². The number of hydrogen-bond acceptors (Lipinski definition) is 4. The number of oxazole rings is 1. The maximum Gasteiger partial charge on any atom is 0.295 e. The van der Waals surface area contributed by atoms with Gasteiger partial charge in [-0.25, -0.2) is 0 Å². The number of nitrogens with one attached hydrogen (secondary N) is 1. The third-order valence-corrected chi connectivity index (χ3v) is 2.44. The van der Waals surface area contributed by atoms with Crippen molar-refractivity contribution in [3.63, 3.8) is 0 Å². The van der Waals surface area contributed by atoms with E-state index in [2.05, 4.69) is 10.3 Å². The van der Waals surface area contributed by atoms with Gasteiger partial charge in [0.25, 0.3) is 6.01 Å². The van der Waals surface area contributed by atoms with E-state index in [9.17, 15) is 0 Å². The summed E-state index contributed by atoms with van der Waals surface area (Å²) in [6, 6.07) is 8.12. The molecular formula is C12H16N2O2. The van der Waals surface area contributed by atoms with Gasteiger partial charge < -0.3 is 14.8 Å². The lowest BCUT2D eigenvalue weighted by Crippen LogP contribution is -2.26. The summed E-state index contributed by atoms with van der Waals surface area (Å²) in [7, 11) is 0. The van der Waals surface area contributed by atoms with Crippen LogP contribution in [-0.2, 0) is 0 Å². The molecule has 4 nitrogen and oxygen atoms in total. The fraction of sp³-hybridized carbons (Fsp3) is 0.417. The number of aliphatic hydroxyl groups is 1. The zero-order valence-electron chi connectivity index (χ0n) is 9.53. The van der Waals surface area contributed by atoms with Gasteiger partial charge in [-0.2, -0.15) is 4.98 Å². The second-order valence-electron chi connectivity index (χ2n) is 4.66. The first-order valence-electron chi connectivity index (χ1n) is 5.31. The van der Waals surface area contributed by atoms with Crippen molar-refractivity contribution < 1.29 is 9.52 Å². The quantitative estimate of drug-likeness (QED) is 0.829. The Balaban J connectivity index is 2.10. The Labute approximate surface area is 94.3 Å². The number of fused-ring (bicyclic) bond motifs is 1. The molecule has 0 atom stereocenters. The maximum atomic E-state index is 9.12. The summed E-state index contributed by atoms with van der Waals surface area (Å²) >= 11 is 0. The molecule has 1 heterocycles. The van der Waals surface area contributed by atoms with Crippen LogP contribution in [0.1, 0.15) is 13.8 Å². The van der Waals surface area contributed by atoms with Crippen LogP contribution < -0.4 is 5.32 Å². The van der Waals surface area contributed by atoms with Crippen LogP contribution in [0.15, 0.2) is 28.7 Å². The Morgan fingerprint density at radius 2 is 2.12 bits per heavy atom. The van der Waals surface area contributed by atoms with Gasteiger partial charge in [-0.3, -0.25) is 0 Å². The second kappa shape index (κ2) is 4.14. The van der Waals surface area contributed by atoms with Crippen molar-refractivity contribution in [3.05, 3.63) is 24.3 Å². The molecule has 1 aromatic heterocycles. The van der Waals surface area contributed by atoms with E-state index >= 15 is 0 Å². The lowest BCUT2D eigenvalue weighted by Gasteiger charge is -2.20. The number of para-hydroxylation sites is 2. The molecule has 1 aromatic carbocycles. The number of benzene rings is 1. The van der Waals surface area contributed by atoms with Gasteiger partial charge in [-0.15, -0.1) is 0 Å². The Bertz CT molecular complexity index is 444. The van der Waals surface area contributed by atoms with E-state index in [0.29, 0.717) is 12.6 Å². The molecule has 0 fully saturated rings. The first kappa shape index (κ1) is 11.0. The Hall–Kier alpha value is -1.55. The summed E-state index contributed by atoms with van der Waals surface area (Å²) in [6.45, 7) is 4.70. The third-order valence-electron chi connectivity index (χ3n) is 2.44. The van der Waals surface area contributed by atoms with Crippen molar-refractivity contribution in [1.29, 1.82) is 0 Å². The molecular weight excluding hydrogens is 204 g/mol.